The largest absolute Gasteiger partial charge is 0.479 e. The van der Waals surface area contributed by atoms with Crippen LogP contribution in [0.4, 0.5) is 5.69 Å². The van der Waals surface area contributed by atoms with E-state index in [1.165, 1.54) is 17.0 Å². The first-order valence-electron chi connectivity index (χ1n) is 7.97. The van der Waals surface area contributed by atoms with Gasteiger partial charge in [-0.1, -0.05) is 29.8 Å². The van der Waals surface area contributed by atoms with Crippen molar-refractivity contribution in [3.05, 3.63) is 54.1 Å². The van der Waals surface area contributed by atoms with Gasteiger partial charge in [0.2, 0.25) is 0 Å². The van der Waals surface area contributed by atoms with Gasteiger partial charge in [0.05, 0.1) is 10.6 Å². The Hall–Kier alpha value is -2.87. The van der Waals surface area contributed by atoms with Crippen LogP contribution in [0.3, 0.4) is 0 Å². The minimum atomic E-state index is -4.00. The molecule has 2 aromatic rings. The molecule has 0 aliphatic carbocycles. The fourth-order valence-corrected chi connectivity index (χ4v) is 3.60. The van der Waals surface area contributed by atoms with E-state index in [-0.39, 0.29) is 4.90 Å². The second-order valence-electron chi connectivity index (χ2n) is 5.99. The number of carbonyl (C=O) groups is 2. The third-order valence-corrected chi connectivity index (χ3v) is 5.34. The summed E-state index contributed by atoms with van der Waals surface area (Å²) in [7, 11) is -4.00. The molecule has 1 atom stereocenters. The Morgan fingerprint density at radius 3 is 2.50 bits per heavy atom. The summed E-state index contributed by atoms with van der Waals surface area (Å²) in [6.07, 6.45) is -0.758. The third kappa shape index (κ3) is 3.55. The number of nitrogens with zero attached hydrogens (tertiary/aromatic N) is 1. The maximum absolute atomic E-state index is 12.4. The molecule has 2 amide bonds. The predicted octanol–water partition coefficient (Wildman–Crippen LogP) is 1.61. The van der Waals surface area contributed by atoms with Crippen LogP contribution in [0.15, 0.2) is 53.4 Å². The molecule has 2 aromatic carbocycles. The quantitative estimate of drug-likeness (QED) is 0.878. The highest BCUT2D eigenvalue weighted by molar-refractivity contribution is 7.90. The average Bonchev–Trinajstić information content (AvgIpc) is 2.59. The minimum absolute atomic E-state index is 0.0153. The number of rotatable bonds is 4. The summed E-state index contributed by atoms with van der Waals surface area (Å²) in [4.78, 5) is 25.9. The van der Waals surface area contributed by atoms with Gasteiger partial charge in [-0.25, -0.2) is 13.1 Å². The Labute approximate surface area is 151 Å². The van der Waals surface area contributed by atoms with Gasteiger partial charge < -0.3 is 4.74 Å². The number of ether oxygens (including phenoxy) is 1. The number of aryl methyl sites for hydroxylation is 1. The maximum atomic E-state index is 12.4. The number of para-hydroxylation sites is 2. The van der Waals surface area contributed by atoms with Crippen molar-refractivity contribution in [2.75, 3.05) is 11.4 Å². The van der Waals surface area contributed by atoms with E-state index in [1.807, 2.05) is 11.6 Å². The number of sulfonamides is 1. The number of hydrogen-bond donors (Lipinski definition) is 1. The molecule has 7 nitrogen and oxygen atoms in total. The van der Waals surface area contributed by atoms with Gasteiger partial charge in [0.1, 0.15) is 12.3 Å². The number of anilines is 1. The van der Waals surface area contributed by atoms with Gasteiger partial charge in [-0.2, -0.15) is 0 Å². The zero-order chi connectivity index (χ0) is 18.9. The molecule has 0 spiro atoms. The molecule has 0 fully saturated rings. The van der Waals surface area contributed by atoms with Crippen LogP contribution in [0.25, 0.3) is 0 Å². The molecule has 26 heavy (non-hydrogen) atoms. The van der Waals surface area contributed by atoms with Crippen molar-refractivity contribution in [1.82, 2.24) is 4.72 Å². The van der Waals surface area contributed by atoms with Gasteiger partial charge >= 0.3 is 0 Å². The molecular formula is C18H18N2O5S. The Balaban J connectivity index is 1.79. The van der Waals surface area contributed by atoms with Gasteiger partial charge in [-0.15, -0.1) is 0 Å². The van der Waals surface area contributed by atoms with E-state index in [2.05, 4.69) is 0 Å². The summed E-state index contributed by atoms with van der Waals surface area (Å²) in [6.45, 7) is 2.98. The van der Waals surface area contributed by atoms with E-state index in [0.717, 1.165) is 5.56 Å². The van der Waals surface area contributed by atoms with Crippen LogP contribution in [-0.4, -0.2) is 32.9 Å². The van der Waals surface area contributed by atoms with E-state index in [1.54, 1.807) is 43.3 Å². The molecule has 0 bridgehead atoms. The van der Waals surface area contributed by atoms with Gasteiger partial charge in [-0.05, 0) is 38.1 Å². The Kier molecular flexibility index (Phi) is 4.69. The first-order valence-corrected chi connectivity index (χ1v) is 9.45. The van der Waals surface area contributed by atoms with Crippen molar-refractivity contribution in [2.45, 2.75) is 24.8 Å². The van der Waals surface area contributed by atoms with E-state index < -0.39 is 34.5 Å². The summed E-state index contributed by atoms with van der Waals surface area (Å²) in [5.41, 5.74) is 1.33. The molecule has 0 saturated heterocycles. The lowest BCUT2D eigenvalue weighted by molar-refractivity contribution is -0.127. The standard InChI is InChI=1S/C18H18N2O5S/c1-12-7-9-14(10-8-12)26(23,24)19-17(21)11-20-15-5-3-4-6-16(15)25-13(2)18(20)22/h3-10,13H,11H2,1-2H3,(H,19,21). The summed E-state index contributed by atoms with van der Waals surface area (Å²) in [5, 5.41) is 0. The van der Waals surface area contributed by atoms with Gasteiger partial charge in [0.15, 0.2) is 6.10 Å². The molecule has 0 aromatic heterocycles. The van der Waals surface area contributed by atoms with Crippen LogP contribution in [0.2, 0.25) is 0 Å². The summed E-state index contributed by atoms with van der Waals surface area (Å²) in [5.74, 6) is -0.747. The molecule has 0 radical (unpaired) electrons. The predicted molar refractivity (Wildman–Crippen MR) is 95.4 cm³/mol. The van der Waals surface area contributed by atoms with E-state index in [4.69, 9.17) is 4.74 Å². The number of fused-ring (bicyclic) bond motifs is 1. The lowest BCUT2D eigenvalue weighted by Gasteiger charge is -2.32. The smallest absolute Gasteiger partial charge is 0.268 e. The zero-order valence-electron chi connectivity index (χ0n) is 14.3. The minimum Gasteiger partial charge on any atom is -0.479 e. The van der Waals surface area contributed by atoms with Crippen LogP contribution in [0.1, 0.15) is 12.5 Å². The van der Waals surface area contributed by atoms with E-state index in [9.17, 15) is 18.0 Å². The number of nitrogens with one attached hydrogen (secondary N) is 1. The van der Waals surface area contributed by atoms with E-state index in [0.29, 0.717) is 11.4 Å². The van der Waals surface area contributed by atoms with Gasteiger partial charge in [0.25, 0.3) is 21.8 Å². The van der Waals surface area contributed by atoms with Gasteiger partial charge in [-0.3, -0.25) is 14.5 Å². The van der Waals surface area contributed by atoms with Crippen molar-refractivity contribution in [2.24, 2.45) is 0 Å². The van der Waals surface area contributed by atoms with E-state index >= 15 is 0 Å². The Morgan fingerprint density at radius 2 is 1.81 bits per heavy atom. The highest BCUT2D eigenvalue weighted by Crippen LogP contribution is 2.33. The molecule has 1 unspecified atom stereocenters. The summed E-state index contributed by atoms with van der Waals surface area (Å²) in [6, 6.07) is 12.9. The second-order valence-corrected chi connectivity index (χ2v) is 7.68. The fraction of sp³-hybridized carbons (Fsp3) is 0.222. The molecule has 0 saturated carbocycles. The highest BCUT2D eigenvalue weighted by Gasteiger charge is 2.33. The van der Waals surface area contributed by atoms with Gasteiger partial charge in [0, 0.05) is 0 Å². The fourth-order valence-electron chi connectivity index (χ4n) is 2.62. The molecule has 1 aliphatic heterocycles. The lowest BCUT2D eigenvalue weighted by atomic mass is 10.2. The zero-order valence-corrected chi connectivity index (χ0v) is 15.1. The van der Waals surface area contributed by atoms with Crippen molar-refractivity contribution in [3.63, 3.8) is 0 Å². The topological polar surface area (TPSA) is 92.8 Å². The van der Waals surface area contributed by atoms with Crippen LogP contribution in [-0.2, 0) is 19.6 Å². The summed E-state index contributed by atoms with van der Waals surface area (Å²) >= 11 is 0. The third-order valence-electron chi connectivity index (χ3n) is 3.95. The molecule has 3 rings (SSSR count). The first kappa shape index (κ1) is 17.9. The Morgan fingerprint density at radius 1 is 1.15 bits per heavy atom. The lowest BCUT2D eigenvalue weighted by Crippen LogP contribution is -2.49. The maximum Gasteiger partial charge on any atom is 0.268 e. The van der Waals surface area contributed by atoms with Crippen molar-refractivity contribution >= 4 is 27.5 Å². The van der Waals surface area contributed by atoms with Crippen LogP contribution in [0.5, 0.6) is 5.75 Å². The average molecular weight is 374 g/mol. The molecule has 8 heteroatoms. The second kappa shape index (κ2) is 6.80. The summed E-state index contributed by atoms with van der Waals surface area (Å²) < 4.78 is 32.2. The molecule has 1 heterocycles. The first-order chi connectivity index (χ1) is 12.3. The van der Waals surface area contributed by atoms with Crippen molar-refractivity contribution in [1.29, 1.82) is 0 Å². The van der Waals surface area contributed by atoms with Crippen LogP contribution >= 0.6 is 0 Å². The van der Waals surface area contributed by atoms with Crippen LogP contribution in [0, 0.1) is 6.92 Å². The molecule has 136 valence electrons. The van der Waals surface area contributed by atoms with Crippen molar-refractivity contribution < 1.29 is 22.7 Å². The molecule has 1 N–H and O–H groups in total. The highest BCUT2D eigenvalue weighted by atomic mass is 32.2. The molecule has 1 aliphatic rings. The monoisotopic (exact) mass is 374 g/mol. The normalized spacial score (nSPS) is 16.6. The SMILES string of the molecule is Cc1ccc(S(=O)(=O)NC(=O)CN2C(=O)C(C)Oc3ccccc32)cc1. The van der Waals surface area contributed by atoms with Crippen molar-refractivity contribution in [3.8, 4) is 5.75 Å². The number of benzene rings is 2. The molecular weight excluding hydrogens is 356 g/mol. The Bertz CT molecular complexity index is 954. The number of carbonyl (C=O) groups excluding carboxylic acids is 2. The van der Waals surface area contributed by atoms with Crippen LogP contribution < -0.4 is 14.4 Å². The number of amides is 2. The number of hydrogen-bond acceptors (Lipinski definition) is 5.